The number of carboxylic acids is 2. The van der Waals surface area contributed by atoms with E-state index in [0.29, 0.717) is 18.4 Å². The second-order valence-electron chi connectivity index (χ2n) is 4.44. The molecule has 90 valence electrons. The Labute approximate surface area is 102 Å². The van der Waals surface area contributed by atoms with Crippen molar-refractivity contribution in [1.82, 2.24) is 0 Å². The lowest BCUT2D eigenvalue weighted by Gasteiger charge is -2.06. The van der Waals surface area contributed by atoms with Crippen molar-refractivity contribution in [2.45, 2.75) is 12.8 Å². The maximum Gasteiger partial charge on any atom is 0.336 e. The molecule has 0 saturated carbocycles. The smallest absolute Gasteiger partial charge is 0.336 e. The van der Waals surface area contributed by atoms with Crippen molar-refractivity contribution in [3.8, 4) is 0 Å². The minimum atomic E-state index is -0.997. The molecule has 18 heavy (non-hydrogen) atoms. The van der Waals surface area contributed by atoms with Crippen LogP contribution >= 0.6 is 0 Å². The molecule has 0 unspecified atom stereocenters. The topological polar surface area (TPSA) is 74.6 Å². The molecule has 0 fully saturated rings. The van der Waals surface area contributed by atoms with Crippen molar-refractivity contribution in [1.29, 1.82) is 0 Å². The summed E-state index contributed by atoms with van der Waals surface area (Å²) >= 11 is 0. The molecule has 2 N–H and O–H groups in total. The first-order valence-electron chi connectivity index (χ1n) is 5.63. The Morgan fingerprint density at radius 1 is 1.00 bits per heavy atom. The first-order chi connectivity index (χ1) is 8.58. The second kappa shape index (κ2) is 3.57. The number of aromatic carboxylic acids is 2. The zero-order valence-electron chi connectivity index (χ0n) is 9.43. The lowest BCUT2D eigenvalue weighted by molar-refractivity contribution is 0.0686. The van der Waals surface area contributed by atoms with Gasteiger partial charge in [-0.3, -0.25) is 0 Å². The Kier molecular flexibility index (Phi) is 2.13. The normalized spacial score (nSPS) is 12.9. The second-order valence-corrected chi connectivity index (χ2v) is 4.44. The summed E-state index contributed by atoms with van der Waals surface area (Å²) in [6.45, 7) is 0. The molecule has 2 bridgehead atoms. The summed E-state index contributed by atoms with van der Waals surface area (Å²) in [5.74, 6) is -1.93. The molecule has 0 amide bonds. The summed E-state index contributed by atoms with van der Waals surface area (Å²) in [6.07, 6.45) is 1.39. The van der Waals surface area contributed by atoms with E-state index in [1.807, 2.05) is 6.07 Å². The van der Waals surface area contributed by atoms with Crippen LogP contribution in [0, 0.1) is 0 Å². The summed E-state index contributed by atoms with van der Waals surface area (Å²) in [6, 6.07) is 6.70. The molecule has 4 nitrogen and oxygen atoms in total. The number of hydrogen-bond donors (Lipinski definition) is 2. The molecule has 3 rings (SSSR count). The average molecular weight is 242 g/mol. The van der Waals surface area contributed by atoms with Gasteiger partial charge >= 0.3 is 11.9 Å². The molecule has 0 aromatic heterocycles. The average Bonchev–Trinajstić information content (AvgIpc) is 2.65. The van der Waals surface area contributed by atoms with E-state index in [0.717, 1.165) is 21.9 Å². The maximum absolute atomic E-state index is 11.2. The molecule has 2 aromatic carbocycles. The molecule has 0 aliphatic heterocycles. The third-order valence-electron chi connectivity index (χ3n) is 3.44. The number of hydrogen-bond acceptors (Lipinski definition) is 2. The van der Waals surface area contributed by atoms with Gasteiger partial charge in [0.25, 0.3) is 0 Å². The Hall–Kier alpha value is -2.36. The fourth-order valence-corrected chi connectivity index (χ4v) is 2.65. The molecule has 2 aromatic rings. The Bertz CT molecular complexity index is 700. The largest absolute Gasteiger partial charge is 0.478 e. The molecule has 0 saturated heterocycles. The SMILES string of the molecule is O=C(O)c1ccc2cc3c(C(=O)O)c(c2c1)CC3. The first-order valence-corrected chi connectivity index (χ1v) is 5.63. The fraction of sp³-hybridized carbons (Fsp3) is 0.143. The van der Waals surface area contributed by atoms with Crippen LogP contribution in [0.15, 0.2) is 24.3 Å². The molecule has 1 aliphatic rings. The fourth-order valence-electron chi connectivity index (χ4n) is 2.65. The van der Waals surface area contributed by atoms with Gasteiger partial charge in [-0.15, -0.1) is 0 Å². The van der Waals surface area contributed by atoms with E-state index >= 15 is 0 Å². The molecule has 0 spiro atoms. The van der Waals surface area contributed by atoms with E-state index in [1.165, 1.54) is 0 Å². The van der Waals surface area contributed by atoms with Crippen LogP contribution in [0.4, 0.5) is 0 Å². The van der Waals surface area contributed by atoms with Crippen molar-refractivity contribution < 1.29 is 19.8 Å². The highest BCUT2D eigenvalue weighted by Gasteiger charge is 2.24. The highest BCUT2D eigenvalue weighted by atomic mass is 16.4. The van der Waals surface area contributed by atoms with Crippen LogP contribution in [0.3, 0.4) is 0 Å². The van der Waals surface area contributed by atoms with Gasteiger partial charge < -0.3 is 10.2 Å². The van der Waals surface area contributed by atoms with E-state index < -0.39 is 11.9 Å². The standard InChI is InChI=1S/C14H10O4/c15-13(16)9-2-1-7-5-8-3-4-10(11(7)6-9)12(8)14(17)18/h1-2,5-6H,3-4H2,(H,15,16)(H,17,18). The van der Waals surface area contributed by atoms with E-state index in [2.05, 4.69) is 0 Å². The van der Waals surface area contributed by atoms with Gasteiger partial charge in [0.1, 0.15) is 0 Å². The van der Waals surface area contributed by atoms with Gasteiger partial charge in [0.15, 0.2) is 0 Å². The van der Waals surface area contributed by atoms with Crippen LogP contribution in [0.5, 0.6) is 0 Å². The van der Waals surface area contributed by atoms with Crippen LogP contribution in [0.25, 0.3) is 10.8 Å². The molecule has 1 aliphatic carbocycles. The Balaban J connectivity index is 2.37. The van der Waals surface area contributed by atoms with Crippen molar-refractivity contribution in [3.63, 3.8) is 0 Å². The third-order valence-corrected chi connectivity index (χ3v) is 3.44. The number of fused-ring (bicyclic) bond motifs is 4. The molecule has 0 radical (unpaired) electrons. The van der Waals surface area contributed by atoms with Gasteiger partial charge in [-0.2, -0.15) is 0 Å². The number of carboxylic acid groups (broad SMARTS) is 2. The maximum atomic E-state index is 11.2. The number of aryl methyl sites for hydroxylation is 2. The summed E-state index contributed by atoms with van der Waals surface area (Å²) in [5, 5.41) is 19.8. The van der Waals surface area contributed by atoms with Crippen molar-refractivity contribution in [2.24, 2.45) is 0 Å². The van der Waals surface area contributed by atoms with Gasteiger partial charge in [0.05, 0.1) is 11.1 Å². The van der Waals surface area contributed by atoms with Crippen LogP contribution < -0.4 is 0 Å². The van der Waals surface area contributed by atoms with Gasteiger partial charge in [-0.1, -0.05) is 12.1 Å². The molecule has 0 atom stereocenters. The van der Waals surface area contributed by atoms with E-state index in [-0.39, 0.29) is 5.56 Å². The first kappa shape index (κ1) is 10.8. The van der Waals surface area contributed by atoms with Crippen LogP contribution in [0.2, 0.25) is 0 Å². The number of rotatable bonds is 2. The summed E-state index contributed by atoms with van der Waals surface area (Å²) < 4.78 is 0. The molecular weight excluding hydrogens is 232 g/mol. The van der Waals surface area contributed by atoms with Crippen molar-refractivity contribution in [2.75, 3.05) is 0 Å². The zero-order chi connectivity index (χ0) is 12.9. The predicted molar refractivity (Wildman–Crippen MR) is 65.3 cm³/mol. The van der Waals surface area contributed by atoms with Crippen molar-refractivity contribution in [3.05, 3.63) is 46.5 Å². The Morgan fingerprint density at radius 2 is 1.78 bits per heavy atom. The molecular formula is C14H10O4. The molecule has 0 heterocycles. The number of carbonyl (C=O) groups is 2. The minimum Gasteiger partial charge on any atom is -0.478 e. The van der Waals surface area contributed by atoms with E-state index in [9.17, 15) is 14.7 Å². The van der Waals surface area contributed by atoms with Crippen LogP contribution in [-0.4, -0.2) is 22.2 Å². The highest BCUT2D eigenvalue weighted by Crippen LogP contribution is 2.33. The van der Waals surface area contributed by atoms with Gasteiger partial charge in [-0.05, 0) is 46.9 Å². The number of benzene rings is 2. The van der Waals surface area contributed by atoms with E-state index in [1.54, 1.807) is 18.2 Å². The van der Waals surface area contributed by atoms with Gasteiger partial charge in [0.2, 0.25) is 0 Å². The summed E-state index contributed by atoms with van der Waals surface area (Å²) in [7, 11) is 0. The van der Waals surface area contributed by atoms with Gasteiger partial charge in [0, 0.05) is 0 Å². The molecule has 4 heteroatoms. The van der Waals surface area contributed by atoms with Gasteiger partial charge in [-0.25, -0.2) is 9.59 Å². The monoisotopic (exact) mass is 242 g/mol. The highest BCUT2D eigenvalue weighted by molar-refractivity contribution is 6.03. The van der Waals surface area contributed by atoms with E-state index in [4.69, 9.17) is 5.11 Å². The van der Waals surface area contributed by atoms with Crippen LogP contribution in [0.1, 0.15) is 31.8 Å². The summed E-state index contributed by atoms with van der Waals surface area (Å²) in [5.41, 5.74) is 2.14. The lowest BCUT2D eigenvalue weighted by atomic mass is 9.98. The predicted octanol–water partition coefficient (Wildman–Crippen LogP) is 2.33. The minimum absolute atomic E-state index is 0.190. The summed E-state index contributed by atoms with van der Waals surface area (Å²) in [4.78, 5) is 22.2. The Morgan fingerprint density at radius 3 is 2.44 bits per heavy atom. The lowest BCUT2D eigenvalue weighted by Crippen LogP contribution is -2.02. The quantitative estimate of drug-likeness (QED) is 0.847. The zero-order valence-corrected chi connectivity index (χ0v) is 9.43. The van der Waals surface area contributed by atoms with Crippen molar-refractivity contribution >= 4 is 22.7 Å². The third kappa shape index (κ3) is 1.39. The van der Waals surface area contributed by atoms with Crippen LogP contribution in [-0.2, 0) is 12.8 Å².